The molecule has 2 aliphatic rings. The number of aromatic nitrogens is 4. The average molecular weight is 468 g/mol. The summed E-state index contributed by atoms with van der Waals surface area (Å²) in [4.78, 5) is 23.7. The first-order valence-electron chi connectivity index (χ1n) is 12.0. The summed E-state index contributed by atoms with van der Waals surface area (Å²) >= 11 is 0. The normalized spacial score (nSPS) is 15.1. The predicted octanol–water partition coefficient (Wildman–Crippen LogP) is 3.76. The van der Waals surface area contributed by atoms with Crippen molar-refractivity contribution in [3.63, 3.8) is 0 Å². The fraction of sp³-hybridized carbons (Fsp3) is 0.520. The van der Waals surface area contributed by atoms with E-state index in [2.05, 4.69) is 44.5 Å². The molecule has 1 aromatic carbocycles. The second kappa shape index (κ2) is 11.8. The highest BCUT2D eigenvalue weighted by Gasteiger charge is 2.17. The molecule has 4 heterocycles. The van der Waals surface area contributed by atoms with Gasteiger partial charge in [0.1, 0.15) is 5.75 Å². The van der Waals surface area contributed by atoms with Crippen LogP contribution in [0.25, 0.3) is 11.0 Å². The summed E-state index contributed by atoms with van der Waals surface area (Å²) in [6.45, 7) is 9.61. The van der Waals surface area contributed by atoms with Crippen molar-refractivity contribution in [2.24, 2.45) is 7.05 Å². The number of likely N-dealkylation sites (tertiary alicyclic amines) is 1. The van der Waals surface area contributed by atoms with Crippen LogP contribution in [0.15, 0.2) is 24.5 Å². The van der Waals surface area contributed by atoms with Crippen LogP contribution < -0.4 is 10.1 Å². The standard InChI is InChI=1S/C17H20N6O.C6H11NO.C2H6/c1-22-5-4-11-7-15(24-3)14(6-12(11)10-22)20-17-18-8-13-9-19-23(2)16(13)21-17;1-6(8)7-4-2-3-5-7;1-2/h6-9H,4-5,10H2,1-3H3,(H,18,20,21);2-5H2,1H3;1-2H3. The Morgan fingerprint density at radius 3 is 2.44 bits per heavy atom. The molecule has 0 radical (unpaired) electrons. The quantitative estimate of drug-likeness (QED) is 0.627. The lowest BCUT2D eigenvalue weighted by Gasteiger charge is -2.26. The molecule has 2 aliphatic heterocycles. The van der Waals surface area contributed by atoms with Gasteiger partial charge in [-0.2, -0.15) is 10.1 Å². The van der Waals surface area contributed by atoms with Gasteiger partial charge in [-0.3, -0.25) is 9.48 Å². The summed E-state index contributed by atoms with van der Waals surface area (Å²) in [5.41, 5.74) is 4.34. The van der Waals surface area contributed by atoms with Gasteiger partial charge in [0.05, 0.1) is 24.4 Å². The average Bonchev–Trinajstić information content (AvgIpc) is 3.51. The van der Waals surface area contributed by atoms with Gasteiger partial charge in [-0.05, 0) is 49.6 Å². The lowest BCUT2D eigenvalue weighted by Crippen LogP contribution is -2.26. The van der Waals surface area contributed by atoms with Gasteiger partial charge >= 0.3 is 0 Å². The fourth-order valence-electron chi connectivity index (χ4n) is 4.14. The van der Waals surface area contributed by atoms with E-state index >= 15 is 0 Å². The van der Waals surface area contributed by atoms with Crippen LogP contribution in [0.1, 0.15) is 44.7 Å². The van der Waals surface area contributed by atoms with Gasteiger partial charge in [0.25, 0.3) is 0 Å². The number of methoxy groups -OCH3 is 1. The number of benzene rings is 1. The molecule has 0 atom stereocenters. The van der Waals surface area contributed by atoms with E-state index in [1.807, 2.05) is 25.8 Å². The number of carbonyl (C=O) groups is 1. The number of likely N-dealkylation sites (N-methyl/N-ethyl adjacent to an activating group) is 1. The van der Waals surface area contributed by atoms with E-state index < -0.39 is 0 Å². The van der Waals surface area contributed by atoms with Crippen molar-refractivity contribution >= 4 is 28.6 Å². The molecule has 1 amide bonds. The topological polar surface area (TPSA) is 88.4 Å². The van der Waals surface area contributed by atoms with E-state index in [9.17, 15) is 4.79 Å². The number of amides is 1. The van der Waals surface area contributed by atoms with Gasteiger partial charge in [0.15, 0.2) is 5.65 Å². The van der Waals surface area contributed by atoms with E-state index in [1.165, 1.54) is 24.0 Å². The number of nitrogens with one attached hydrogen (secondary N) is 1. The maximum Gasteiger partial charge on any atom is 0.229 e. The van der Waals surface area contributed by atoms with Crippen molar-refractivity contribution in [2.75, 3.05) is 39.1 Å². The van der Waals surface area contributed by atoms with Gasteiger partial charge in [-0.25, -0.2) is 4.98 Å². The lowest BCUT2D eigenvalue weighted by molar-refractivity contribution is -0.127. The van der Waals surface area contributed by atoms with Gasteiger partial charge in [-0.15, -0.1) is 0 Å². The second-order valence-electron chi connectivity index (χ2n) is 8.39. The summed E-state index contributed by atoms with van der Waals surface area (Å²) in [5, 5.41) is 8.41. The molecule has 0 spiro atoms. The highest BCUT2D eigenvalue weighted by molar-refractivity contribution is 5.76. The molecular weight excluding hydrogens is 430 g/mol. The van der Waals surface area contributed by atoms with E-state index in [1.54, 1.807) is 31.1 Å². The third kappa shape index (κ3) is 6.02. The van der Waals surface area contributed by atoms with Crippen LogP contribution in [0.3, 0.4) is 0 Å². The number of rotatable bonds is 3. The highest BCUT2D eigenvalue weighted by Crippen LogP contribution is 2.33. The Labute approximate surface area is 202 Å². The van der Waals surface area contributed by atoms with E-state index in [-0.39, 0.29) is 5.91 Å². The summed E-state index contributed by atoms with van der Waals surface area (Å²) in [6, 6.07) is 4.26. The predicted molar refractivity (Wildman–Crippen MR) is 135 cm³/mol. The monoisotopic (exact) mass is 467 g/mol. The molecule has 0 saturated carbocycles. The molecule has 0 unspecified atom stereocenters. The molecule has 0 bridgehead atoms. The molecule has 1 saturated heterocycles. The van der Waals surface area contributed by atoms with Crippen LogP contribution in [0.2, 0.25) is 0 Å². The zero-order valence-corrected chi connectivity index (χ0v) is 21.3. The molecular formula is C25H37N7O2. The van der Waals surface area contributed by atoms with Crippen LogP contribution in [0.4, 0.5) is 11.6 Å². The summed E-state index contributed by atoms with van der Waals surface area (Å²) in [7, 11) is 5.70. The summed E-state index contributed by atoms with van der Waals surface area (Å²) < 4.78 is 7.29. The Hall–Kier alpha value is -3.20. The van der Waals surface area contributed by atoms with Gasteiger partial charge in [0.2, 0.25) is 11.9 Å². The largest absolute Gasteiger partial charge is 0.495 e. The molecule has 1 fully saturated rings. The zero-order valence-electron chi connectivity index (χ0n) is 21.3. The number of nitrogens with zero attached hydrogens (tertiary/aromatic N) is 6. The minimum absolute atomic E-state index is 0.225. The van der Waals surface area contributed by atoms with Gasteiger partial charge in [0, 0.05) is 46.3 Å². The third-order valence-electron chi connectivity index (χ3n) is 6.00. The van der Waals surface area contributed by atoms with Crippen molar-refractivity contribution in [3.05, 3.63) is 35.7 Å². The third-order valence-corrected chi connectivity index (χ3v) is 6.00. The van der Waals surface area contributed by atoms with Crippen molar-refractivity contribution in [1.82, 2.24) is 29.5 Å². The lowest BCUT2D eigenvalue weighted by atomic mass is 9.99. The van der Waals surface area contributed by atoms with E-state index in [4.69, 9.17) is 4.74 Å². The Kier molecular flexibility index (Phi) is 8.81. The van der Waals surface area contributed by atoms with Crippen LogP contribution in [-0.4, -0.2) is 69.2 Å². The minimum atomic E-state index is 0.225. The molecule has 3 aromatic rings. The first-order valence-corrected chi connectivity index (χ1v) is 12.0. The number of hydrogen-bond acceptors (Lipinski definition) is 7. The number of hydrogen-bond donors (Lipinski definition) is 1. The maximum absolute atomic E-state index is 10.6. The maximum atomic E-state index is 10.6. The SMILES string of the molecule is CC.CC(=O)N1CCCC1.COc1cc2c(cc1Nc1ncc3cnn(C)c3n1)CN(C)CC2. The first-order chi connectivity index (χ1) is 16.4. The first kappa shape index (κ1) is 25.4. The molecule has 2 aromatic heterocycles. The molecule has 0 aliphatic carbocycles. The number of anilines is 2. The Morgan fingerprint density at radius 1 is 1.06 bits per heavy atom. The van der Waals surface area contributed by atoms with Crippen LogP contribution >= 0.6 is 0 Å². The Bertz CT molecular complexity index is 1110. The number of carbonyl (C=O) groups excluding carboxylic acids is 1. The van der Waals surface area contributed by atoms with Crippen molar-refractivity contribution in [2.45, 2.75) is 46.6 Å². The van der Waals surface area contributed by atoms with Crippen molar-refractivity contribution < 1.29 is 9.53 Å². The molecule has 1 N–H and O–H groups in total. The van der Waals surface area contributed by atoms with Crippen LogP contribution in [-0.2, 0) is 24.8 Å². The summed E-state index contributed by atoms with van der Waals surface area (Å²) in [6.07, 6.45) is 6.96. The zero-order chi connectivity index (χ0) is 24.7. The minimum Gasteiger partial charge on any atom is -0.495 e. The molecule has 9 heteroatoms. The molecule has 34 heavy (non-hydrogen) atoms. The Balaban J connectivity index is 0.000000274. The number of fused-ring (bicyclic) bond motifs is 2. The molecule has 9 nitrogen and oxygen atoms in total. The molecule has 184 valence electrons. The van der Waals surface area contributed by atoms with Gasteiger partial charge in [-0.1, -0.05) is 13.8 Å². The second-order valence-corrected chi connectivity index (χ2v) is 8.39. The smallest absolute Gasteiger partial charge is 0.229 e. The van der Waals surface area contributed by atoms with Crippen LogP contribution in [0.5, 0.6) is 5.75 Å². The fourth-order valence-corrected chi connectivity index (χ4v) is 4.14. The number of aryl methyl sites for hydroxylation is 1. The Morgan fingerprint density at radius 2 is 1.79 bits per heavy atom. The van der Waals surface area contributed by atoms with Crippen LogP contribution in [0, 0.1) is 0 Å². The number of ether oxygens (including phenoxy) is 1. The van der Waals surface area contributed by atoms with E-state index in [0.29, 0.717) is 5.95 Å². The van der Waals surface area contributed by atoms with Crippen molar-refractivity contribution in [1.29, 1.82) is 0 Å². The van der Waals surface area contributed by atoms with Gasteiger partial charge < -0.3 is 19.9 Å². The molecule has 5 rings (SSSR count). The summed E-state index contributed by atoms with van der Waals surface area (Å²) in [5.74, 6) is 1.57. The highest BCUT2D eigenvalue weighted by atomic mass is 16.5. The van der Waals surface area contributed by atoms with E-state index in [0.717, 1.165) is 55.1 Å². The van der Waals surface area contributed by atoms with Crippen molar-refractivity contribution in [3.8, 4) is 5.75 Å².